The first-order valence-electron chi connectivity index (χ1n) is 9.24. The molecule has 2 aromatic carbocycles. The Morgan fingerprint density at radius 2 is 1.94 bits per heavy atom. The zero-order chi connectivity index (χ0) is 21.8. The van der Waals surface area contributed by atoms with Gasteiger partial charge in [-0.1, -0.05) is 23.7 Å². The summed E-state index contributed by atoms with van der Waals surface area (Å²) in [6.45, 7) is 0. The molecule has 2 aromatic heterocycles. The lowest BCUT2D eigenvalue weighted by atomic mass is 10.1. The number of nitrogens with one attached hydrogen (secondary N) is 1. The maximum absolute atomic E-state index is 12.5. The summed E-state index contributed by atoms with van der Waals surface area (Å²) >= 11 is 8.88. The first-order valence-corrected chi connectivity index (χ1v) is 11.4. The van der Waals surface area contributed by atoms with Gasteiger partial charge in [0.15, 0.2) is 5.13 Å². The number of methoxy groups -OCH3 is 2. The van der Waals surface area contributed by atoms with E-state index in [4.69, 9.17) is 21.1 Å². The van der Waals surface area contributed by atoms with Gasteiger partial charge in [-0.05, 0) is 24.3 Å². The van der Waals surface area contributed by atoms with Crippen LogP contribution in [0.25, 0.3) is 21.8 Å². The second-order valence-corrected chi connectivity index (χ2v) is 8.64. The Morgan fingerprint density at radius 1 is 1.06 bits per heavy atom. The number of ether oxygens (including phenoxy) is 2. The molecule has 0 aliphatic heterocycles. The molecule has 2 heterocycles. The summed E-state index contributed by atoms with van der Waals surface area (Å²) in [5.41, 5.74) is 3.18. The van der Waals surface area contributed by atoms with Crippen LogP contribution < -0.4 is 14.8 Å². The highest BCUT2D eigenvalue weighted by Gasteiger charge is 2.14. The van der Waals surface area contributed by atoms with Crippen LogP contribution in [0.4, 0.5) is 5.13 Å². The molecule has 9 heteroatoms. The van der Waals surface area contributed by atoms with Crippen molar-refractivity contribution in [1.29, 1.82) is 0 Å². The van der Waals surface area contributed by atoms with E-state index in [1.54, 1.807) is 20.3 Å². The molecule has 0 aliphatic rings. The number of benzene rings is 2. The fourth-order valence-electron chi connectivity index (χ4n) is 2.94. The SMILES string of the molecule is COc1ccc(-c2csc(NC(=O)Cc3csc(-c4cccc(Cl)c4)n3)n2)c(OC)c1. The highest BCUT2D eigenvalue weighted by atomic mass is 35.5. The third-order valence-electron chi connectivity index (χ3n) is 4.40. The number of nitrogens with zero attached hydrogens (tertiary/aromatic N) is 2. The number of rotatable bonds is 7. The molecule has 0 aliphatic carbocycles. The fraction of sp³-hybridized carbons (Fsp3) is 0.136. The predicted octanol–water partition coefficient (Wildman–Crippen LogP) is 5.79. The number of halogens is 1. The topological polar surface area (TPSA) is 73.3 Å². The number of carbonyl (C=O) groups excluding carboxylic acids is 1. The van der Waals surface area contributed by atoms with Gasteiger partial charge in [0.05, 0.1) is 32.0 Å². The number of hydrogen-bond donors (Lipinski definition) is 1. The molecule has 1 N–H and O–H groups in total. The fourth-order valence-corrected chi connectivity index (χ4v) is 4.67. The molecule has 158 valence electrons. The van der Waals surface area contributed by atoms with Gasteiger partial charge in [0.25, 0.3) is 0 Å². The van der Waals surface area contributed by atoms with E-state index in [1.165, 1.54) is 22.7 Å². The van der Waals surface area contributed by atoms with Crippen LogP contribution in [0, 0.1) is 0 Å². The third-order valence-corrected chi connectivity index (χ3v) is 6.33. The Labute approximate surface area is 192 Å². The van der Waals surface area contributed by atoms with Crippen LogP contribution in [0.1, 0.15) is 5.69 Å². The average Bonchev–Trinajstić information content (AvgIpc) is 3.43. The van der Waals surface area contributed by atoms with Crippen LogP contribution in [0.5, 0.6) is 11.5 Å². The molecule has 4 rings (SSSR count). The molecule has 0 spiro atoms. The van der Waals surface area contributed by atoms with E-state index in [-0.39, 0.29) is 12.3 Å². The zero-order valence-corrected chi connectivity index (χ0v) is 19.1. The number of thiazole rings is 2. The highest BCUT2D eigenvalue weighted by molar-refractivity contribution is 7.14. The molecule has 0 radical (unpaired) electrons. The molecule has 0 saturated heterocycles. The van der Waals surface area contributed by atoms with E-state index in [2.05, 4.69) is 15.3 Å². The molecule has 0 atom stereocenters. The molecule has 31 heavy (non-hydrogen) atoms. The largest absolute Gasteiger partial charge is 0.497 e. The number of carbonyl (C=O) groups is 1. The molecular weight excluding hydrogens is 454 g/mol. The molecule has 0 bridgehead atoms. The average molecular weight is 472 g/mol. The Morgan fingerprint density at radius 3 is 2.71 bits per heavy atom. The Balaban J connectivity index is 1.43. The van der Waals surface area contributed by atoms with Crippen LogP contribution in [0.15, 0.2) is 53.2 Å². The van der Waals surface area contributed by atoms with E-state index in [0.717, 1.165) is 21.8 Å². The van der Waals surface area contributed by atoms with Crippen molar-refractivity contribution in [2.24, 2.45) is 0 Å². The van der Waals surface area contributed by atoms with Gasteiger partial charge >= 0.3 is 0 Å². The van der Waals surface area contributed by atoms with Crippen molar-refractivity contribution in [2.45, 2.75) is 6.42 Å². The van der Waals surface area contributed by atoms with Crippen molar-refractivity contribution >= 4 is 45.3 Å². The van der Waals surface area contributed by atoms with Crippen molar-refractivity contribution < 1.29 is 14.3 Å². The number of hydrogen-bond acceptors (Lipinski definition) is 7. The molecule has 1 amide bonds. The van der Waals surface area contributed by atoms with E-state index >= 15 is 0 Å². The van der Waals surface area contributed by atoms with Gasteiger partial charge in [-0.25, -0.2) is 9.97 Å². The number of amides is 1. The van der Waals surface area contributed by atoms with Gasteiger partial charge in [0, 0.05) is 33.0 Å². The Hall–Kier alpha value is -2.94. The lowest BCUT2D eigenvalue weighted by molar-refractivity contribution is -0.115. The summed E-state index contributed by atoms with van der Waals surface area (Å²) in [6.07, 6.45) is 0.165. The van der Waals surface area contributed by atoms with Gasteiger partial charge in [0.1, 0.15) is 16.5 Å². The van der Waals surface area contributed by atoms with Crippen LogP contribution in [-0.2, 0) is 11.2 Å². The number of aromatic nitrogens is 2. The Kier molecular flexibility index (Phi) is 6.50. The summed E-state index contributed by atoms with van der Waals surface area (Å²) in [6, 6.07) is 13.0. The molecule has 6 nitrogen and oxygen atoms in total. The monoisotopic (exact) mass is 471 g/mol. The van der Waals surface area contributed by atoms with Gasteiger partial charge in [-0.15, -0.1) is 22.7 Å². The lowest BCUT2D eigenvalue weighted by Crippen LogP contribution is -2.14. The van der Waals surface area contributed by atoms with Crippen molar-refractivity contribution in [3.63, 3.8) is 0 Å². The summed E-state index contributed by atoms with van der Waals surface area (Å²) in [4.78, 5) is 21.6. The smallest absolute Gasteiger partial charge is 0.232 e. The van der Waals surface area contributed by atoms with Gasteiger partial charge in [-0.3, -0.25) is 4.79 Å². The van der Waals surface area contributed by atoms with Crippen molar-refractivity contribution in [3.8, 4) is 33.3 Å². The van der Waals surface area contributed by atoms with Crippen molar-refractivity contribution in [1.82, 2.24) is 9.97 Å². The second-order valence-electron chi connectivity index (χ2n) is 6.48. The summed E-state index contributed by atoms with van der Waals surface area (Å²) in [5, 5.41) is 8.60. The summed E-state index contributed by atoms with van der Waals surface area (Å²) in [5.74, 6) is 1.17. The van der Waals surface area contributed by atoms with Gasteiger partial charge < -0.3 is 14.8 Å². The summed E-state index contributed by atoms with van der Waals surface area (Å²) in [7, 11) is 3.20. The predicted molar refractivity (Wildman–Crippen MR) is 126 cm³/mol. The molecule has 0 fully saturated rings. The van der Waals surface area contributed by atoms with Crippen molar-refractivity contribution in [2.75, 3.05) is 19.5 Å². The minimum absolute atomic E-state index is 0.165. The minimum atomic E-state index is -0.175. The van der Waals surface area contributed by atoms with E-state index < -0.39 is 0 Å². The van der Waals surface area contributed by atoms with E-state index in [1.807, 2.05) is 47.2 Å². The van der Waals surface area contributed by atoms with Crippen LogP contribution in [0.3, 0.4) is 0 Å². The molecule has 0 unspecified atom stereocenters. The standard InChI is InChI=1S/C22H18ClN3O3S2/c1-28-16-6-7-17(19(10-16)29-2)18-12-31-22(25-18)26-20(27)9-15-11-30-21(24-15)13-4-3-5-14(23)8-13/h3-8,10-12H,9H2,1-2H3,(H,25,26,27). The highest BCUT2D eigenvalue weighted by Crippen LogP contribution is 2.35. The minimum Gasteiger partial charge on any atom is -0.497 e. The third kappa shape index (κ3) is 5.04. The maximum Gasteiger partial charge on any atom is 0.232 e. The second kappa shape index (κ2) is 9.47. The lowest BCUT2D eigenvalue weighted by Gasteiger charge is -2.08. The molecule has 0 saturated carbocycles. The van der Waals surface area contributed by atoms with Gasteiger partial charge in [-0.2, -0.15) is 0 Å². The van der Waals surface area contributed by atoms with Crippen LogP contribution >= 0.6 is 34.3 Å². The van der Waals surface area contributed by atoms with Crippen molar-refractivity contribution in [3.05, 3.63) is 63.9 Å². The Bertz CT molecular complexity index is 1220. The van der Waals surface area contributed by atoms with Crippen LogP contribution in [-0.4, -0.2) is 30.1 Å². The molecular formula is C22H18ClN3O3S2. The zero-order valence-electron chi connectivity index (χ0n) is 16.7. The summed E-state index contributed by atoms with van der Waals surface area (Å²) < 4.78 is 10.7. The quantitative estimate of drug-likeness (QED) is 0.369. The first-order chi connectivity index (χ1) is 15.1. The molecule has 4 aromatic rings. The van der Waals surface area contributed by atoms with E-state index in [0.29, 0.717) is 27.3 Å². The normalized spacial score (nSPS) is 10.7. The van der Waals surface area contributed by atoms with Crippen LogP contribution in [0.2, 0.25) is 5.02 Å². The first kappa shape index (κ1) is 21.3. The number of anilines is 1. The van der Waals surface area contributed by atoms with Gasteiger partial charge in [0.2, 0.25) is 5.91 Å². The van der Waals surface area contributed by atoms with E-state index in [9.17, 15) is 4.79 Å². The maximum atomic E-state index is 12.5.